The molecule has 0 saturated carbocycles. The normalized spacial score (nSPS) is 17.0. The number of carbonyl (C=O) groups excluding carboxylic acids is 1. The molecular weight excluding hydrogens is 294 g/mol. The van der Waals surface area contributed by atoms with Gasteiger partial charge >= 0.3 is 6.16 Å². The Kier molecular flexibility index (Phi) is 5.36. The molecule has 1 aromatic rings. The van der Waals surface area contributed by atoms with Crippen molar-refractivity contribution in [3.05, 3.63) is 46.8 Å². The van der Waals surface area contributed by atoms with Crippen LogP contribution in [0, 0.1) is 11.3 Å². The van der Waals surface area contributed by atoms with Crippen molar-refractivity contribution >= 4 is 11.9 Å². The number of carbonyl (C=O) groups is 1. The summed E-state index contributed by atoms with van der Waals surface area (Å²) in [4.78, 5) is 11.8. The summed E-state index contributed by atoms with van der Waals surface area (Å²) in [7, 11) is 0. The lowest BCUT2D eigenvalue weighted by Gasteiger charge is -2.27. The molecule has 1 heterocycles. The molecule has 0 radical (unpaired) electrons. The lowest BCUT2D eigenvalue weighted by Crippen LogP contribution is -2.28. The Bertz CT molecular complexity index is 701. The van der Waals surface area contributed by atoms with Crippen LogP contribution in [0.5, 0.6) is 0 Å². The van der Waals surface area contributed by atoms with Crippen LogP contribution in [0.15, 0.2) is 40.8 Å². The second-order valence-corrected chi connectivity index (χ2v) is 5.01. The van der Waals surface area contributed by atoms with Crippen molar-refractivity contribution in [2.24, 2.45) is 5.10 Å². The van der Waals surface area contributed by atoms with Gasteiger partial charge in [0.15, 0.2) is 0 Å². The number of nitrogens with zero attached hydrogens (tertiary/aromatic N) is 2. The fourth-order valence-corrected chi connectivity index (χ4v) is 2.43. The highest BCUT2D eigenvalue weighted by molar-refractivity contribution is 5.94. The summed E-state index contributed by atoms with van der Waals surface area (Å²) in [5.74, 6) is 0.129. The number of allylic oxidation sites excluding steroid dienone is 2. The van der Waals surface area contributed by atoms with Crippen molar-refractivity contribution < 1.29 is 14.3 Å². The summed E-state index contributed by atoms with van der Waals surface area (Å²) < 4.78 is 10.3. The molecule has 1 aliphatic rings. The number of ether oxygens (including phenoxy) is 2. The van der Waals surface area contributed by atoms with Crippen LogP contribution in [0.2, 0.25) is 0 Å². The maximum Gasteiger partial charge on any atom is 0.513 e. The van der Waals surface area contributed by atoms with E-state index in [9.17, 15) is 4.79 Å². The van der Waals surface area contributed by atoms with Crippen LogP contribution in [0.4, 0.5) is 4.79 Å². The Morgan fingerprint density at radius 2 is 2.22 bits per heavy atom. The number of hydrogen-bond donors (Lipinski definition) is 1. The number of hydrogen-bond acceptors (Lipinski definition) is 6. The predicted molar refractivity (Wildman–Crippen MR) is 85.6 cm³/mol. The van der Waals surface area contributed by atoms with E-state index in [0.717, 1.165) is 11.3 Å². The third-order valence-electron chi connectivity index (χ3n) is 3.50. The van der Waals surface area contributed by atoms with Crippen molar-refractivity contribution in [1.29, 1.82) is 5.26 Å². The van der Waals surface area contributed by atoms with Gasteiger partial charge in [0.2, 0.25) is 0 Å². The van der Waals surface area contributed by atoms with Crippen molar-refractivity contribution in [2.45, 2.75) is 33.1 Å². The molecule has 1 aromatic carbocycles. The summed E-state index contributed by atoms with van der Waals surface area (Å²) in [6.07, 6.45) is -0.0698. The molecule has 1 aliphatic heterocycles. The average molecular weight is 313 g/mol. The minimum Gasteiger partial charge on any atom is -0.434 e. The monoisotopic (exact) mass is 313 g/mol. The first-order valence-electron chi connectivity index (χ1n) is 7.48. The van der Waals surface area contributed by atoms with E-state index in [4.69, 9.17) is 14.7 Å². The quantitative estimate of drug-likeness (QED) is 0.861. The van der Waals surface area contributed by atoms with Crippen LogP contribution >= 0.6 is 0 Å². The Morgan fingerprint density at radius 3 is 2.87 bits per heavy atom. The van der Waals surface area contributed by atoms with E-state index < -0.39 is 6.16 Å². The highest BCUT2D eigenvalue weighted by Crippen LogP contribution is 2.33. The van der Waals surface area contributed by atoms with Gasteiger partial charge in [-0.05, 0) is 38.0 Å². The predicted octanol–water partition coefficient (Wildman–Crippen LogP) is 3.42. The van der Waals surface area contributed by atoms with Crippen molar-refractivity contribution in [3.8, 4) is 6.07 Å². The van der Waals surface area contributed by atoms with Crippen LogP contribution in [0.3, 0.4) is 0 Å². The van der Waals surface area contributed by atoms with Gasteiger partial charge in [0.05, 0.1) is 35.6 Å². The smallest absolute Gasteiger partial charge is 0.434 e. The Labute approximate surface area is 135 Å². The lowest BCUT2D eigenvalue weighted by atomic mass is 9.88. The van der Waals surface area contributed by atoms with E-state index in [2.05, 4.69) is 16.6 Å². The highest BCUT2D eigenvalue weighted by Gasteiger charge is 2.31. The minimum absolute atomic E-state index is 0.238. The highest BCUT2D eigenvalue weighted by atomic mass is 16.7. The molecule has 120 valence electrons. The van der Waals surface area contributed by atoms with Crippen LogP contribution in [-0.2, 0) is 9.47 Å². The van der Waals surface area contributed by atoms with Crippen LogP contribution in [0.25, 0.3) is 0 Å². The number of nitrogens with one attached hydrogen (secondary N) is 1. The first-order valence-corrected chi connectivity index (χ1v) is 7.48. The van der Waals surface area contributed by atoms with E-state index >= 15 is 0 Å². The zero-order valence-corrected chi connectivity index (χ0v) is 13.4. The SMILES string of the molecule is CCOC(=O)OC1=C(C)NN=C(CC)C1c1cccc(C#N)c1. The number of benzene rings is 1. The standard InChI is InChI=1S/C17H19N3O3/c1-4-14-15(13-8-6-7-12(9-13)10-18)16(11(3)19-20-14)23-17(21)22-5-2/h6-9,15,19H,4-5H2,1-3H3. The van der Waals surface area contributed by atoms with E-state index in [1.54, 1.807) is 32.0 Å². The fraction of sp³-hybridized carbons (Fsp3) is 0.353. The molecule has 0 aromatic heterocycles. The summed E-state index contributed by atoms with van der Waals surface area (Å²) in [6.45, 7) is 5.71. The summed E-state index contributed by atoms with van der Waals surface area (Å²) in [5, 5.41) is 13.4. The summed E-state index contributed by atoms with van der Waals surface area (Å²) in [5.41, 5.74) is 5.74. The molecule has 0 spiro atoms. The zero-order valence-electron chi connectivity index (χ0n) is 13.4. The van der Waals surface area contributed by atoms with Crippen molar-refractivity contribution in [3.63, 3.8) is 0 Å². The van der Waals surface area contributed by atoms with Gasteiger partial charge in [-0.3, -0.25) is 5.43 Å². The Morgan fingerprint density at radius 1 is 1.43 bits per heavy atom. The Balaban J connectivity index is 2.43. The minimum atomic E-state index is -0.748. The molecule has 0 fully saturated rings. The second kappa shape index (κ2) is 7.45. The number of rotatable bonds is 4. The van der Waals surface area contributed by atoms with E-state index in [-0.39, 0.29) is 12.5 Å². The lowest BCUT2D eigenvalue weighted by molar-refractivity contribution is 0.0779. The molecule has 6 nitrogen and oxygen atoms in total. The molecule has 1 atom stereocenters. The first kappa shape index (κ1) is 16.6. The molecular formula is C17H19N3O3. The zero-order chi connectivity index (χ0) is 16.8. The van der Waals surface area contributed by atoms with Crippen LogP contribution in [-0.4, -0.2) is 18.5 Å². The maximum absolute atomic E-state index is 11.8. The number of nitriles is 1. The van der Waals surface area contributed by atoms with Gasteiger partial charge < -0.3 is 9.47 Å². The van der Waals surface area contributed by atoms with Crippen molar-refractivity contribution in [1.82, 2.24) is 5.43 Å². The average Bonchev–Trinajstić information content (AvgIpc) is 2.56. The van der Waals surface area contributed by atoms with Crippen LogP contribution < -0.4 is 5.43 Å². The molecule has 6 heteroatoms. The first-order chi connectivity index (χ1) is 11.1. The molecule has 2 rings (SSSR count). The fourth-order valence-electron chi connectivity index (χ4n) is 2.43. The summed E-state index contributed by atoms with van der Waals surface area (Å²) in [6, 6.07) is 9.33. The second-order valence-electron chi connectivity index (χ2n) is 5.01. The molecule has 0 aliphatic carbocycles. The Hall–Kier alpha value is -2.81. The largest absolute Gasteiger partial charge is 0.513 e. The van der Waals surface area contributed by atoms with E-state index in [1.165, 1.54) is 0 Å². The molecule has 0 amide bonds. The third-order valence-corrected chi connectivity index (χ3v) is 3.50. The third kappa shape index (κ3) is 3.69. The molecule has 0 saturated heterocycles. The molecule has 1 unspecified atom stereocenters. The molecule has 23 heavy (non-hydrogen) atoms. The van der Waals surface area contributed by atoms with Gasteiger partial charge in [-0.2, -0.15) is 10.4 Å². The number of hydrazone groups is 1. The topological polar surface area (TPSA) is 83.7 Å². The van der Waals surface area contributed by atoms with Gasteiger partial charge in [-0.15, -0.1) is 0 Å². The maximum atomic E-state index is 11.8. The van der Waals surface area contributed by atoms with Gasteiger partial charge in [-0.25, -0.2) is 4.79 Å². The van der Waals surface area contributed by atoms with Crippen LogP contribution in [0.1, 0.15) is 44.2 Å². The molecule has 1 N–H and O–H groups in total. The van der Waals surface area contributed by atoms with E-state index in [1.807, 2.05) is 13.0 Å². The van der Waals surface area contributed by atoms with Gasteiger partial charge in [0.1, 0.15) is 5.76 Å². The van der Waals surface area contributed by atoms with Gasteiger partial charge in [0.25, 0.3) is 0 Å². The van der Waals surface area contributed by atoms with Gasteiger partial charge in [0, 0.05) is 0 Å². The van der Waals surface area contributed by atoms with Crippen molar-refractivity contribution in [2.75, 3.05) is 6.61 Å². The van der Waals surface area contributed by atoms with Gasteiger partial charge in [-0.1, -0.05) is 19.1 Å². The summed E-state index contributed by atoms with van der Waals surface area (Å²) >= 11 is 0. The molecule has 0 bridgehead atoms. The van der Waals surface area contributed by atoms with E-state index in [0.29, 0.717) is 23.4 Å².